The summed E-state index contributed by atoms with van der Waals surface area (Å²) < 4.78 is 16.3. The Hall–Kier alpha value is -3.86. The van der Waals surface area contributed by atoms with Gasteiger partial charge in [0.05, 0.1) is 12.2 Å². The molecule has 1 aromatic heterocycles. The van der Waals surface area contributed by atoms with Crippen molar-refractivity contribution >= 4 is 16.9 Å². The van der Waals surface area contributed by atoms with Gasteiger partial charge >= 0.3 is 11.6 Å². The van der Waals surface area contributed by atoms with Crippen LogP contribution in [0.2, 0.25) is 0 Å². The molecular weight excluding hydrogens is 392 g/mol. The highest BCUT2D eigenvalue weighted by molar-refractivity contribution is 5.92. The lowest BCUT2D eigenvalue weighted by Crippen LogP contribution is -2.08. The minimum Gasteiger partial charge on any atom is -0.494 e. The number of carbonyl (C=O) groups is 1. The number of rotatable bonds is 7. The van der Waals surface area contributed by atoms with Crippen LogP contribution in [0.4, 0.5) is 0 Å². The summed E-state index contributed by atoms with van der Waals surface area (Å²) in [6, 6.07) is 23.1. The van der Waals surface area contributed by atoms with E-state index >= 15 is 0 Å². The van der Waals surface area contributed by atoms with Gasteiger partial charge in [0.25, 0.3) is 0 Å². The fourth-order valence-electron chi connectivity index (χ4n) is 3.15. The average Bonchev–Trinajstić information content (AvgIpc) is 2.79. The Balaban J connectivity index is 1.44. The fourth-order valence-corrected chi connectivity index (χ4v) is 3.15. The van der Waals surface area contributed by atoms with Crippen LogP contribution in [0, 0.1) is 0 Å². The molecule has 4 aromatic rings. The van der Waals surface area contributed by atoms with Gasteiger partial charge in [-0.3, -0.25) is 0 Å². The lowest BCUT2D eigenvalue weighted by molar-refractivity contribution is 0.0735. The van der Waals surface area contributed by atoms with Crippen molar-refractivity contribution in [3.05, 3.63) is 94.8 Å². The molecular formula is C26H22O5. The molecule has 0 spiro atoms. The van der Waals surface area contributed by atoms with E-state index in [9.17, 15) is 9.59 Å². The standard InChI is InChI=1S/C26H22O5/c1-2-3-16-29-22-12-8-19(9-13-22)18-4-6-21(7-5-18)26(28)30-23-14-10-20-11-15-25(27)31-24(20)17-23/h4-15,17H,2-3,16H2,1H3. The molecule has 0 unspecified atom stereocenters. The van der Waals surface area contributed by atoms with Gasteiger partial charge in [-0.2, -0.15) is 0 Å². The van der Waals surface area contributed by atoms with Gasteiger partial charge < -0.3 is 13.9 Å². The highest BCUT2D eigenvalue weighted by Crippen LogP contribution is 2.24. The smallest absolute Gasteiger partial charge is 0.343 e. The summed E-state index contributed by atoms with van der Waals surface area (Å²) in [6.07, 6.45) is 2.14. The van der Waals surface area contributed by atoms with Crippen molar-refractivity contribution in [2.45, 2.75) is 19.8 Å². The molecule has 0 atom stereocenters. The molecule has 0 saturated carbocycles. The van der Waals surface area contributed by atoms with Gasteiger partial charge in [-0.25, -0.2) is 9.59 Å². The van der Waals surface area contributed by atoms with Crippen LogP contribution in [0.15, 0.2) is 88.1 Å². The van der Waals surface area contributed by atoms with Crippen LogP contribution >= 0.6 is 0 Å². The second-order valence-corrected chi connectivity index (χ2v) is 7.15. The molecule has 3 aromatic carbocycles. The molecule has 0 amide bonds. The summed E-state index contributed by atoms with van der Waals surface area (Å²) in [5.74, 6) is 0.682. The third-order valence-electron chi connectivity index (χ3n) is 4.88. The Morgan fingerprint density at radius 3 is 2.19 bits per heavy atom. The molecule has 5 nitrogen and oxygen atoms in total. The van der Waals surface area contributed by atoms with Crippen molar-refractivity contribution in [2.24, 2.45) is 0 Å². The van der Waals surface area contributed by atoms with Crippen LogP contribution in [-0.2, 0) is 0 Å². The van der Waals surface area contributed by atoms with Gasteiger partial charge in [0.15, 0.2) is 0 Å². The van der Waals surface area contributed by atoms with Crippen molar-refractivity contribution in [3.8, 4) is 22.6 Å². The molecule has 0 aliphatic rings. The van der Waals surface area contributed by atoms with Crippen molar-refractivity contribution < 1.29 is 18.7 Å². The summed E-state index contributed by atoms with van der Waals surface area (Å²) in [5.41, 5.74) is 2.37. The third-order valence-corrected chi connectivity index (χ3v) is 4.88. The molecule has 0 fully saturated rings. The first-order chi connectivity index (χ1) is 15.1. The van der Waals surface area contributed by atoms with Crippen LogP contribution in [0.3, 0.4) is 0 Å². The molecule has 4 rings (SSSR count). The summed E-state index contributed by atoms with van der Waals surface area (Å²) in [5, 5.41) is 0.755. The molecule has 156 valence electrons. The van der Waals surface area contributed by atoms with Crippen molar-refractivity contribution in [1.29, 1.82) is 0 Å². The zero-order valence-corrected chi connectivity index (χ0v) is 17.2. The van der Waals surface area contributed by atoms with E-state index in [4.69, 9.17) is 13.9 Å². The van der Waals surface area contributed by atoms with E-state index in [1.165, 1.54) is 12.1 Å². The van der Waals surface area contributed by atoms with E-state index in [2.05, 4.69) is 6.92 Å². The van der Waals surface area contributed by atoms with Gasteiger partial charge in [0.2, 0.25) is 0 Å². The van der Waals surface area contributed by atoms with Gasteiger partial charge in [-0.15, -0.1) is 0 Å². The maximum atomic E-state index is 12.5. The van der Waals surface area contributed by atoms with E-state index in [1.54, 1.807) is 30.3 Å². The van der Waals surface area contributed by atoms with E-state index < -0.39 is 11.6 Å². The number of hydrogen-bond acceptors (Lipinski definition) is 5. The summed E-state index contributed by atoms with van der Waals surface area (Å²) in [6.45, 7) is 2.85. The van der Waals surface area contributed by atoms with E-state index in [0.29, 0.717) is 16.9 Å². The van der Waals surface area contributed by atoms with Crippen molar-refractivity contribution in [1.82, 2.24) is 0 Å². The van der Waals surface area contributed by atoms with Gasteiger partial charge in [0, 0.05) is 17.5 Å². The van der Waals surface area contributed by atoms with Gasteiger partial charge in [-0.1, -0.05) is 37.6 Å². The molecule has 0 bridgehead atoms. The number of carbonyl (C=O) groups excluding carboxylic acids is 1. The third kappa shape index (κ3) is 5.01. The maximum Gasteiger partial charge on any atom is 0.343 e. The second kappa shape index (κ2) is 9.30. The molecule has 5 heteroatoms. The fraction of sp³-hybridized carbons (Fsp3) is 0.154. The lowest BCUT2D eigenvalue weighted by atomic mass is 10.0. The minimum absolute atomic E-state index is 0.314. The number of fused-ring (bicyclic) bond motifs is 1. The van der Waals surface area contributed by atoms with Crippen LogP contribution in [0.1, 0.15) is 30.1 Å². The lowest BCUT2D eigenvalue weighted by Gasteiger charge is -2.08. The minimum atomic E-state index is -0.483. The Labute approximate surface area is 179 Å². The Morgan fingerprint density at radius 1 is 0.839 bits per heavy atom. The second-order valence-electron chi connectivity index (χ2n) is 7.15. The molecule has 0 aliphatic carbocycles. The van der Waals surface area contributed by atoms with E-state index in [-0.39, 0.29) is 0 Å². The quantitative estimate of drug-likeness (QED) is 0.164. The topological polar surface area (TPSA) is 65.7 Å². The molecule has 0 N–H and O–H groups in total. The summed E-state index contributed by atoms with van der Waals surface area (Å²) in [4.78, 5) is 23.9. The first-order valence-electron chi connectivity index (χ1n) is 10.2. The van der Waals surface area contributed by atoms with E-state index in [1.807, 2.05) is 36.4 Å². The monoisotopic (exact) mass is 414 g/mol. The predicted molar refractivity (Wildman–Crippen MR) is 120 cm³/mol. The van der Waals surface area contributed by atoms with E-state index in [0.717, 1.165) is 41.7 Å². The zero-order chi connectivity index (χ0) is 21.6. The van der Waals surface area contributed by atoms with Crippen molar-refractivity contribution in [3.63, 3.8) is 0 Å². The predicted octanol–water partition coefficient (Wildman–Crippen LogP) is 5.86. The highest BCUT2D eigenvalue weighted by atomic mass is 16.5. The summed E-state index contributed by atoms with van der Waals surface area (Å²) in [7, 11) is 0. The van der Waals surface area contributed by atoms with Crippen LogP contribution < -0.4 is 15.1 Å². The van der Waals surface area contributed by atoms with Crippen LogP contribution in [0.5, 0.6) is 11.5 Å². The molecule has 31 heavy (non-hydrogen) atoms. The maximum absolute atomic E-state index is 12.5. The molecule has 0 radical (unpaired) electrons. The summed E-state index contributed by atoms with van der Waals surface area (Å²) >= 11 is 0. The SMILES string of the molecule is CCCCOc1ccc(-c2ccc(C(=O)Oc3ccc4ccc(=O)oc4c3)cc2)cc1. The Morgan fingerprint density at radius 2 is 1.48 bits per heavy atom. The highest BCUT2D eigenvalue weighted by Gasteiger charge is 2.10. The first-order valence-corrected chi connectivity index (χ1v) is 10.2. The van der Waals surface area contributed by atoms with Crippen LogP contribution in [-0.4, -0.2) is 12.6 Å². The van der Waals surface area contributed by atoms with Gasteiger partial charge in [-0.05, 0) is 60.0 Å². The number of ether oxygens (including phenoxy) is 2. The molecule has 0 aliphatic heterocycles. The molecule has 0 saturated heterocycles. The average molecular weight is 414 g/mol. The number of hydrogen-bond donors (Lipinski definition) is 0. The first kappa shape index (κ1) is 20.4. The zero-order valence-electron chi connectivity index (χ0n) is 17.2. The van der Waals surface area contributed by atoms with Crippen LogP contribution in [0.25, 0.3) is 22.1 Å². The number of benzene rings is 3. The Kier molecular flexibility index (Phi) is 6.13. The number of esters is 1. The normalized spacial score (nSPS) is 10.7. The number of unbranched alkanes of at least 4 members (excludes halogenated alkanes) is 1. The van der Waals surface area contributed by atoms with Crippen molar-refractivity contribution in [2.75, 3.05) is 6.61 Å². The van der Waals surface area contributed by atoms with Gasteiger partial charge in [0.1, 0.15) is 17.1 Å². The molecule has 1 heterocycles. The largest absolute Gasteiger partial charge is 0.494 e. The Bertz CT molecular complexity index is 1240.